The topological polar surface area (TPSA) is 131 Å². The Hall–Kier alpha value is -1.98. The fourth-order valence-electron chi connectivity index (χ4n) is 3.20. The standard InChI is InChI=1S/C18H22N4O5S.2ClH/c1-2-19-16-12-20-15(11-21-16)13-3-5-14(6-4-13)28(25,26)18(17(23)22-24)7-9-27-10-8-18;;/h3-6,11-12,24H,2,7-10H2,1H3,(H,19,21)(H,22,23);2*1H. The second-order valence-electron chi connectivity index (χ2n) is 6.39. The van der Waals surface area contributed by atoms with Crippen LogP contribution in [0.5, 0.6) is 0 Å². The number of aromatic nitrogens is 2. The fraction of sp³-hybridized carbons (Fsp3) is 0.389. The van der Waals surface area contributed by atoms with E-state index in [1.807, 2.05) is 6.92 Å². The molecule has 0 radical (unpaired) electrons. The summed E-state index contributed by atoms with van der Waals surface area (Å²) in [5.74, 6) is -0.285. The normalized spacial score (nSPS) is 15.3. The van der Waals surface area contributed by atoms with Gasteiger partial charge in [-0.25, -0.2) is 18.9 Å². The number of nitrogens with one attached hydrogen (secondary N) is 2. The summed E-state index contributed by atoms with van der Waals surface area (Å²) in [6, 6.07) is 6.11. The molecular formula is C18H24Cl2N4O5S. The number of benzene rings is 1. The fourth-order valence-corrected chi connectivity index (χ4v) is 5.14. The number of sulfone groups is 1. The number of carbonyl (C=O) groups is 1. The van der Waals surface area contributed by atoms with Gasteiger partial charge in [0.15, 0.2) is 14.6 Å². The summed E-state index contributed by atoms with van der Waals surface area (Å²) in [6.07, 6.45) is 3.15. The second kappa shape index (κ2) is 10.9. The smallest absolute Gasteiger partial charge is 0.265 e. The zero-order valence-corrected chi connectivity index (χ0v) is 18.6. The molecule has 0 atom stereocenters. The van der Waals surface area contributed by atoms with Crippen LogP contribution in [0.1, 0.15) is 19.8 Å². The van der Waals surface area contributed by atoms with Crippen LogP contribution < -0.4 is 10.8 Å². The molecule has 166 valence electrons. The number of ether oxygens (including phenoxy) is 1. The van der Waals surface area contributed by atoms with Crippen LogP contribution in [0.25, 0.3) is 11.3 Å². The summed E-state index contributed by atoms with van der Waals surface area (Å²) in [5, 5.41) is 12.1. The summed E-state index contributed by atoms with van der Waals surface area (Å²) in [7, 11) is -4.05. The SMILES string of the molecule is CCNc1cnc(-c2ccc(S(=O)(=O)C3(C(=O)NO)CCOCC3)cc2)cn1.Cl.Cl. The number of rotatable bonds is 6. The molecule has 1 aliphatic rings. The van der Waals surface area contributed by atoms with E-state index in [1.165, 1.54) is 17.6 Å². The van der Waals surface area contributed by atoms with Crippen molar-refractivity contribution in [3.63, 3.8) is 0 Å². The van der Waals surface area contributed by atoms with Gasteiger partial charge in [0.25, 0.3) is 5.91 Å². The first-order valence-electron chi connectivity index (χ1n) is 8.88. The van der Waals surface area contributed by atoms with Gasteiger partial charge in [-0.05, 0) is 31.9 Å². The van der Waals surface area contributed by atoms with Crippen molar-refractivity contribution in [1.29, 1.82) is 0 Å². The van der Waals surface area contributed by atoms with Gasteiger partial charge >= 0.3 is 0 Å². The lowest BCUT2D eigenvalue weighted by atomic mass is 9.98. The summed E-state index contributed by atoms with van der Waals surface area (Å²) >= 11 is 0. The number of hydroxylamine groups is 1. The minimum Gasteiger partial charge on any atom is -0.381 e. The van der Waals surface area contributed by atoms with Gasteiger partial charge in [-0.2, -0.15) is 0 Å². The quantitative estimate of drug-likeness (QED) is 0.425. The molecule has 0 bridgehead atoms. The molecule has 1 saturated heterocycles. The molecule has 0 unspecified atom stereocenters. The summed E-state index contributed by atoms with van der Waals surface area (Å²) < 4.78 is 29.9. The minimum absolute atomic E-state index is 0. The number of carbonyl (C=O) groups excluding carboxylic acids is 1. The van der Waals surface area contributed by atoms with Gasteiger partial charge in [-0.1, -0.05) is 12.1 Å². The van der Waals surface area contributed by atoms with Gasteiger partial charge in [0.2, 0.25) is 0 Å². The Morgan fingerprint density at radius 3 is 2.27 bits per heavy atom. The van der Waals surface area contributed by atoms with Crippen molar-refractivity contribution < 1.29 is 23.2 Å². The lowest BCUT2D eigenvalue weighted by Crippen LogP contribution is -2.54. The maximum Gasteiger partial charge on any atom is 0.265 e. The van der Waals surface area contributed by atoms with Crippen LogP contribution in [-0.4, -0.2) is 54.0 Å². The van der Waals surface area contributed by atoms with E-state index in [4.69, 9.17) is 9.94 Å². The summed E-state index contributed by atoms with van der Waals surface area (Å²) in [4.78, 5) is 20.8. The minimum atomic E-state index is -4.05. The van der Waals surface area contributed by atoms with Gasteiger partial charge in [0.1, 0.15) is 5.82 Å². The molecule has 1 amide bonds. The average Bonchev–Trinajstić information content (AvgIpc) is 2.74. The van der Waals surface area contributed by atoms with E-state index >= 15 is 0 Å². The molecule has 0 saturated carbocycles. The maximum atomic E-state index is 13.2. The van der Waals surface area contributed by atoms with Crippen LogP contribution >= 0.6 is 24.8 Å². The zero-order chi connectivity index (χ0) is 20.2. The van der Waals surface area contributed by atoms with E-state index in [9.17, 15) is 13.2 Å². The Kier molecular flexibility index (Phi) is 9.44. The van der Waals surface area contributed by atoms with Crippen molar-refractivity contribution in [2.75, 3.05) is 25.1 Å². The monoisotopic (exact) mass is 478 g/mol. The lowest BCUT2D eigenvalue weighted by Gasteiger charge is -2.34. The Balaban J connectivity index is 0.00000225. The molecule has 12 heteroatoms. The first-order chi connectivity index (χ1) is 13.4. The zero-order valence-electron chi connectivity index (χ0n) is 16.2. The molecule has 1 aromatic heterocycles. The first kappa shape index (κ1) is 26.1. The Labute approximate surface area is 187 Å². The highest BCUT2D eigenvalue weighted by Gasteiger charge is 2.52. The molecule has 9 nitrogen and oxygen atoms in total. The highest BCUT2D eigenvalue weighted by molar-refractivity contribution is 7.93. The van der Waals surface area contributed by atoms with Crippen LogP contribution in [0.2, 0.25) is 0 Å². The number of nitrogens with zero attached hydrogens (tertiary/aromatic N) is 2. The van der Waals surface area contributed by atoms with E-state index < -0.39 is 20.5 Å². The third-order valence-corrected chi connectivity index (χ3v) is 7.32. The molecule has 30 heavy (non-hydrogen) atoms. The van der Waals surface area contributed by atoms with Crippen molar-refractivity contribution in [1.82, 2.24) is 15.4 Å². The molecule has 1 fully saturated rings. The summed E-state index contributed by atoms with van der Waals surface area (Å²) in [5.41, 5.74) is 2.80. The predicted octanol–water partition coefficient (Wildman–Crippen LogP) is 2.25. The second-order valence-corrected chi connectivity index (χ2v) is 8.65. The van der Waals surface area contributed by atoms with Crippen LogP contribution in [0.15, 0.2) is 41.6 Å². The van der Waals surface area contributed by atoms with Crippen molar-refractivity contribution in [2.45, 2.75) is 29.4 Å². The Bertz CT molecular complexity index is 934. The van der Waals surface area contributed by atoms with Gasteiger partial charge in [-0.15, -0.1) is 24.8 Å². The van der Waals surface area contributed by atoms with Crippen molar-refractivity contribution in [2.24, 2.45) is 0 Å². The van der Waals surface area contributed by atoms with E-state index in [0.717, 1.165) is 6.54 Å². The first-order valence-corrected chi connectivity index (χ1v) is 10.4. The molecule has 0 aliphatic carbocycles. The van der Waals surface area contributed by atoms with E-state index in [0.29, 0.717) is 17.1 Å². The number of anilines is 1. The molecule has 2 aromatic rings. The lowest BCUT2D eigenvalue weighted by molar-refractivity contribution is -0.134. The molecule has 3 rings (SSSR count). The molecule has 3 N–H and O–H groups in total. The van der Waals surface area contributed by atoms with E-state index in [1.54, 1.807) is 24.5 Å². The average molecular weight is 479 g/mol. The highest BCUT2D eigenvalue weighted by Crippen LogP contribution is 2.35. The third-order valence-electron chi connectivity index (χ3n) is 4.80. The number of hydrogen-bond acceptors (Lipinski definition) is 8. The molecule has 2 heterocycles. The van der Waals surface area contributed by atoms with Crippen molar-refractivity contribution >= 4 is 46.4 Å². The van der Waals surface area contributed by atoms with Gasteiger partial charge in [0.05, 0.1) is 23.0 Å². The Morgan fingerprint density at radius 2 is 1.77 bits per heavy atom. The molecule has 0 spiro atoms. The summed E-state index contributed by atoms with van der Waals surface area (Å²) in [6.45, 7) is 2.93. The largest absolute Gasteiger partial charge is 0.381 e. The van der Waals surface area contributed by atoms with E-state index in [-0.39, 0.29) is 55.8 Å². The van der Waals surface area contributed by atoms with Crippen LogP contribution in [0, 0.1) is 0 Å². The molecule has 1 aliphatic heterocycles. The van der Waals surface area contributed by atoms with Gasteiger partial charge in [-0.3, -0.25) is 15.0 Å². The third kappa shape index (κ3) is 4.84. The Morgan fingerprint density at radius 1 is 1.13 bits per heavy atom. The van der Waals surface area contributed by atoms with Crippen molar-refractivity contribution in [3.8, 4) is 11.3 Å². The number of hydrogen-bond donors (Lipinski definition) is 3. The van der Waals surface area contributed by atoms with Crippen LogP contribution in [-0.2, 0) is 19.4 Å². The number of amides is 1. The predicted molar refractivity (Wildman–Crippen MR) is 116 cm³/mol. The van der Waals surface area contributed by atoms with E-state index in [2.05, 4.69) is 15.3 Å². The number of halogens is 2. The highest BCUT2D eigenvalue weighted by atomic mass is 35.5. The van der Waals surface area contributed by atoms with Gasteiger partial charge < -0.3 is 10.1 Å². The molecular weight excluding hydrogens is 455 g/mol. The van der Waals surface area contributed by atoms with Crippen LogP contribution in [0.3, 0.4) is 0 Å². The maximum absolute atomic E-state index is 13.2. The van der Waals surface area contributed by atoms with Crippen LogP contribution in [0.4, 0.5) is 5.82 Å². The molecule has 1 aromatic carbocycles. The van der Waals surface area contributed by atoms with Crippen molar-refractivity contribution in [3.05, 3.63) is 36.7 Å². The van der Waals surface area contributed by atoms with Gasteiger partial charge in [0, 0.05) is 25.3 Å².